The third-order valence-electron chi connectivity index (χ3n) is 3.43. The number of allylic oxidation sites excluding steroid dienone is 1. The van der Waals surface area contributed by atoms with Gasteiger partial charge in [0.2, 0.25) is 0 Å². The molecule has 1 aliphatic heterocycles. The van der Waals surface area contributed by atoms with Crippen LogP contribution in [-0.2, 0) is 14.3 Å². The van der Waals surface area contributed by atoms with Crippen molar-refractivity contribution in [3.05, 3.63) is 41.5 Å². The van der Waals surface area contributed by atoms with E-state index in [0.717, 1.165) is 16.8 Å². The number of esters is 1. The van der Waals surface area contributed by atoms with Gasteiger partial charge in [0.1, 0.15) is 6.61 Å². The van der Waals surface area contributed by atoms with Crippen LogP contribution in [0.4, 0.5) is 5.69 Å². The minimum absolute atomic E-state index is 0.117. The molecule has 0 aliphatic carbocycles. The standard InChI is InChI=1S/C16H19NO3/c1-4-6-14(18)17(13-9-15(19)20-10-13)16-11(2)7-5-8-12(16)3/h4-8,13H,9-10H2,1-3H3/b6-4+. The van der Waals surface area contributed by atoms with E-state index in [1.54, 1.807) is 17.9 Å². The SMILES string of the molecule is C/C=C/C(=O)N(c1c(C)cccc1C)C1COC(=O)C1. The molecule has 0 aromatic heterocycles. The lowest BCUT2D eigenvalue weighted by atomic mass is 10.0. The van der Waals surface area contributed by atoms with Crippen molar-refractivity contribution in [3.63, 3.8) is 0 Å². The maximum atomic E-state index is 12.4. The molecule has 0 spiro atoms. The van der Waals surface area contributed by atoms with E-state index in [1.807, 2.05) is 32.0 Å². The Labute approximate surface area is 119 Å². The van der Waals surface area contributed by atoms with Crippen molar-refractivity contribution < 1.29 is 14.3 Å². The van der Waals surface area contributed by atoms with E-state index in [2.05, 4.69) is 0 Å². The van der Waals surface area contributed by atoms with E-state index < -0.39 is 0 Å². The Morgan fingerprint density at radius 2 is 2.00 bits per heavy atom. The fourth-order valence-corrected chi connectivity index (χ4v) is 2.55. The molecule has 1 heterocycles. The van der Waals surface area contributed by atoms with E-state index in [-0.39, 0.29) is 30.9 Å². The lowest BCUT2D eigenvalue weighted by molar-refractivity contribution is -0.137. The van der Waals surface area contributed by atoms with Gasteiger partial charge in [0.25, 0.3) is 5.91 Å². The van der Waals surface area contributed by atoms with Gasteiger partial charge in [0.05, 0.1) is 18.2 Å². The highest BCUT2D eigenvalue weighted by atomic mass is 16.5. The van der Waals surface area contributed by atoms with Gasteiger partial charge in [-0.15, -0.1) is 0 Å². The van der Waals surface area contributed by atoms with Gasteiger partial charge in [-0.25, -0.2) is 0 Å². The highest BCUT2D eigenvalue weighted by Crippen LogP contribution is 2.29. The molecular weight excluding hydrogens is 254 g/mol. The number of para-hydroxylation sites is 1. The Morgan fingerprint density at radius 3 is 2.50 bits per heavy atom. The molecular formula is C16H19NO3. The molecule has 0 saturated carbocycles. The number of cyclic esters (lactones) is 1. The molecule has 1 fully saturated rings. The number of hydrogen-bond acceptors (Lipinski definition) is 3. The van der Waals surface area contributed by atoms with Crippen molar-refractivity contribution in [3.8, 4) is 0 Å². The number of nitrogens with zero attached hydrogens (tertiary/aromatic N) is 1. The van der Waals surface area contributed by atoms with E-state index in [1.165, 1.54) is 6.08 Å². The Hall–Kier alpha value is -2.10. The van der Waals surface area contributed by atoms with Crippen LogP contribution in [0.3, 0.4) is 0 Å². The molecule has 2 rings (SSSR count). The van der Waals surface area contributed by atoms with Crippen molar-refractivity contribution >= 4 is 17.6 Å². The van der Waals surface area contributed by atoms with Crippen LogP contribution in [0.2, 0.25) is 0 Å². The second-order valence-electron chi connectivity index (χ2n) is 4.99. The number of carbonyl (C=O) groups excluding carboxylic acids is 2. The number of amides is 1. The number of benzene rings is 1. The molecule has 1 aromatic carbocycles. The molecule has 1 saturated heterocycles. The topological polar surface area (TPSA) is 46.6 Å². The lowest BCUT2D eigenvalue weighted by Crippen LogP contribution is -2.41. The van der Waals surface area contributed by atoms with Crippen molar-refractivity contribution in [1.82, 2.24) is 0 Å². The van der Waals surface area contributed by atoms with Crippen LogP contribution in [0.1, 0.15) is 24.5 Å². The van der Waals surface area contributed by atoms with Gasteiger partial charge >= 0.3 is 5.97 Å². The Balaban J connectivity index is 2.46. The Bertz CT molecular complexity index is 543. The first-order valence-electron chi connectivity index (χ1n) is 6.72. The third kappa shape index (κ3) is 2.74. The summed E-state index contributed by atoms with van der Waals surface area (Å²) in [7, 11) is 0. The Kier molecular flexibility index (Phi) is 4.23. The smallest absolute Gasteiger partial charge is 0.308 e. The zero-order valence-corrected chi connectivity index (χ0v) is 12.1. The quantitative estimate of drug-likeness (QED) is 0.628. The number of anilines is 1. The molecule has 20 heavy (non-hydrogen) atoms. The normalized spacial score (nSPS) is 18.4. The molecule has 1 aromatic rings. The summed E-state index contributed by atoms with van der Waals surface area (Å²) in [5, 5.41) is 0. The van der Waals surface area contributed by atoms with Crippen LogP contribution < -0.4 is 4.90 Å². The minimum Gasteiger partial charge on any atom is -0.463 e. The van der Waals surface area contributed by atoms with Crippen LogP contribution >= 0.6 is 0 Å². The van der Waals surface area contributed by atoms with E-state index in [0.29, 0.717) is 0 Å². The average Bonchev–Trinajstić information content (AvgIpc) is 2.80. The Morgan fingerprint density at radius 1 is 1.35 bits per heavy atom. The molecule has 0 radical (unpaired) electrons. The fourth-order valence-electron chi connectivity index (χ4n) is 2.55. The van der Waals surface area contributed by atoms with Gasteiger partial charge < -0.3 is 9.64 Å². The highest BCUT2D eigenvalue weighted by Gasteiger charge is 2.33. The van der Waals surface area contributed by atoms with Crippen LogP contribution in [0, 0.1) is 13.8 Å². The van der Waals surface area contributed by atoms with Crippen molar-refractivity contribution in [2.45, 2.75) is 33.2 Å². The number of carbonyl (C=O) groups is 2. The molecule has 1 aliphatic rings. The minimum atomic E-state index is -0.250. The molecule has 4 nitrogen and oxygen atoms in total. The summed E-state index contributed by atoms with van der Waals surface area (Å²) in [6.45, 7) is 6.00. The lowest BCUT2D eigenvalue weighted by Gasteiger charge is -2.29. The zero-order chi connectivity index (χ0) is 14.7. The number of rotatable bonds is 3. The molecule has 106 valence electrons. The first-order chi connectivity index (χ1) is 9.54. The average molecular weight is 273 g/mol. The van der Waals surface area contributed by atoms with E-state index in [9.17, 15) is 9.59 Å². The summed E-state index contributed by atoms with van der Waals surface area (Å²) in [6, 6.07) is 5.67. The summed E-state index contributed by atoms with van der Waals surface area (Å²) < 4.78 is 5.02. The largest absolute Gasteiger partial charge is 0.463 e. The van der Waals surface area contributed by atoms with E-state index in [4.69, 9.17) is 4.74 Å². The van der Waals surface area contributed by atoms with Gasteiger partial charge in [-0.3, -0.25) is 9.59 Å². The van der Waals surface area contributed by atoms with Crippen LogP contribution in [-0.4, -0.2) is 24.5 Å². The highest BCUT2D eigenvalue weighted by molar-refractivity contribution is 6.03. The summed E-state index contributed by atoms with van der Waals surface area (Å²) in [4.78, 5) is 25.5. The van der Waals surface area contributed by atoms with Gasteiger partial charge in [-0.05, 0) is 38.0 Å². The monoisotopic (exact) mass is 273 g/mol. The zero-order valence-electron chi connectivity index (χ0n) is 12.1. The maximum absolute atomic E-state index is 12.4. The van der Waals surface area contributed by atoms with Crippen molar-refractivity contribution in [2.24, 2.45) is 0 Å². The maximum Gasteiger partial charge on any atom is 0.308 e. The molecule has 1 unspecified atom stereocenters. The summed E-state index contributed by atoms with van der Waals surface area (Å²) >= 11 is 0. The fraction of sp³-hybridized carbons (Fsp3) is 0.375. The van der Waals surface area contributed by atoms with Gasteiger partial charge in [0.15, 0.2) is 0 Å². The summed E-state index contributed by atoms with van der Waals surface area (Å²) in [5.74, 6) is -0.368. The summed E-state index contributed by atoms with van der Waals surface area (Å²) in [6.07, 6.45) is 3.48. The first-order valence-corrected chi connectivity index (χ1v) is 6.72. The van der Waals surface area contributed by atoms with Crippen LogP contribution in [0.15, 0.2) is 30.4 Å². The van der Waals surface area contributed by atoms with Gasteiger partial charge in [-0.1, -0.05) is 24.3 Å². The van der Waals surface area contributed by atoms with Gasteiger partial charge in [-0.2, -0.15) is 0 Å². The van der Waals surface area contributed by atoms with E-state index >= 15 is 0 Å². The second-order valence-corrected chi connectivity index (χ2v) is 4.99. The van der Waals surface area contributed by atoms with Gasteiger partial charge in [0, 0.05) is 0 Å². The van der Waals surface area contributed by atoms with Crippen LogP contribution in [0.25, 0.3) is 0 Å². The third-order valence-corrected chi connectivity index (χ3v) is 3.43. The number of hydrogen-bond donors (Lipinski definition) is 0. The number of aryl methyl sites for hydroxylation is 2. The first kappa shape index (κ1) is 14.3. The molecule has 0 N–H and O–H groups in total. The second kappa shape index (κ2) is 5.90. The molecule has 1 atom stereocenters. The van der Waals surface area contributed by atoms with Crippen molar-refractivity contribution in [2.75, 3.05) is 11.5 Å². The number of ether oxygens (including phenoxy) is 1. The van der Waals surface area contributed by atoms with Crippen molar-refractivity contribution in [1.29, 1.82) is 0 Å². The molecule has 0 bridgehead atoms. The molecule has 4 heteroatoms. The summed E-state index contributed by atoms with van der Waals surface area (Å²) in [5.41, 5.74) is 2.91. The predicted octanol–water partition coefficient (Wildman–Crippen LogP) is 2.53. The van der Waals surface area contributed by atoms with Crippen LogP contribution in [0.5, 0.6) is 0 Å². The predicted molar refractivity (Wildman–Crippen MR) is 77.6 cm³/mol. The molecule has 1 amide bonds.